The number of para-hydroxylation sites is 2. The fourth-order valence-electron chi connectivity index (χ4n) is 3.28. The molecule has 1 aliphatic rings. The number of fused-ring (bicyclic) bond motifs is 2. The van der Waals surface area contributed by atoms with E-state index in [0.29, 0.717) is 16.4 Å². The molecule has 0 aliphatic heterocycles. The van der Waals surface area contributed by atoms with Gasteiger partial charge in [-0.3, -0.25) is 9.59 Å². The van der Waals surface area contributed by atoms with Crippen LogP contribution in [0.5, 0.6) is 0 Å². The molecule has 0 saturated carbocycles. The Balaban J connectivity index is 1.33. The molecule has 4 rings (SSSR count). The molecule has 27 heavy (non-hydrogen) atoms. The molecule has 0 saturated heterocycles. The maximum absolute atomic E-state index is 12.6. The van der Waals surface area contributed by atoms with Crippen LogP contribution in [0.1, 0.15) is 34.8 Å². The van der Waals surface area contributed by atoms with Crippen LogP contribution >= 0.6 is 11.8 Å². The van der Waals surface area contributed by atoms with Gasteiger partial charge >= 0.3 is 5.97 Å². The number of carbonyl (C=O) groups excluding carboxylic acids is 2. The Labute approximate surface area is 161 Å². The number of nitrogens with zero attached hydrogens (tertiary/aromatic N) is 1. The summed E-state index contributed by atoms with van der Waals surface area (Å²) in [5.41, 5.74) is 4.56. The van der Waals surface area contributed by atoms with Crippen molar-refractivity contribution in [3.05, 3.63) is 59.2 Å². The highest BCUT2D eigenvalue weighted by molar-refractivity contribution is 7.99. The number of benzene rings is 2. The minimum absolute atomic E-state index is 0.0363. The highest BCUT2D eigenvalue weighted by Gasteiger charge is 2.22. The van der Waals surface area contributed by atoms with E-state index in [9.17, 15) is 9.59 Å². The smallest absolute Gasteiger partial charge is 0.317 e. The molecule has 1 heterocycles. The quantitative estimate of drug-likeness (QED) is 0.362. The molecule has 0 fully saturated rings. The Morgan fingerprint density at radius 1 is 1.19 bits per heavy atom. The minimum Gasteiger partial charge on any atom is -0.454 e. The Morgan fingerprint density at radius 3 is 2.85 bits per heavy atom. The van der Waals surface area contributed by atoms with E-state index >= 15 is 0 Å². The first-order chi connectivity index (χ1) is 13.1. The lowest BCUT2D eigenvalue weighted by atomic mass is 10.0. The van der Waals surface area contributed by atoms with Crippen molar-refractivity contribution >= 4 is 34.6 Å². The second-order valence-electron chi connectivity index (χ2n) is 6.57. The van der Waals surface area contributed by atoms with Crippen molar-refractivity contribution < 1.29 is 18.7 Å². The molecule has 0 unspecified atom stereocenters. The van der Waals surface area contributed by atoms with Gasteiger partial charge in [0.25, 0.3) is 5.22 Å². The normalized spacial score (nSPS) is 14.1. The molecule has 1 aliphatic carbocycles. The Hall–Kier alpha value is -2.60. The molecule has 5 nitrogen and oxygen atoms in total. The summed E-state index contributed by atoms with van der Waals surface area (Å²) in [4.78, 5) is 29.0. The van der Waals surface area contributed by atoms with Gasteiger partial charge in [0.2, 0.25) is 5.78 Å². The fraction of sp³-hybridized carbons (Fsp3) is 0.286. The maximum Gasteiger partial charge on any atom is 0.317 e. The largest absolute Gasteiger partial charge is 0.454 e. The number of oxazole rings is 1. The third-order valence-corrected chi connectivity index (χ3v) is 5.45. The monoisotopic (exact) mass is 381 g/mol. The second-order valence-corrected chi connectivity index (χ2v) is 7.50. The van der Waals surface area contributed by atoms with Gasteiger partial charge in [-0.25, -0.2) is 4.98 Å². The number of Topliss-reactive ketones (excluding diaryl/α,β-unsaturated/α-hetero) is 1. The van der Waals surface area contributed by atoms with E-state index in [4.69, 9.17) is 9.15 Å². The zero-order valence-corrected chi connectivity index (χ0v) is 15.8. The molecule has 1 atom stereocenters. The van der Waals surface area contributed by atoms with E-state index in [0.717, 1.165) is 36.5 Å². The minimum atomic E-state index is -0.818. The number of hydrogen-bond donors (Lipinski definition) is 0. The first-order valence-corrected chi connectivity index (χ1v) is 9.92. The van der Waals surface area contributed by atoms with E-state index in [1.165, 1.54) is 11.1 Å². The lowest BCUT2D eigenvalue weighted by molar-refractivity contribution is -0.143. The summed E-state index contributed by atoms with van der Waals surface area (Å²) in [7, 11) is 0. The maximum atomic E-state index is 12.6. The van der Waals surface area contributed by atoms with E-state index in [1.807, 2.05) is 42.5 Å². The van der Waals surface area contributed by atoms with E-state index in [1.54, 1.807) is 6.92 Å². The van der Waals surface area contributed by atoms with E-state index in [2.05, 4.69) is 4.98 Å². The zero-order chi connectivity index (χ0) is 18.8. The van der Waals surface area contributed by atoms with Gasteiger partial charge in [-0.05, 0) is 55.5 Å². The van der Waals surface area contributed by atoms with Crippen LogP contribution in [0.25, 0.3) is 11.1 Å². The van der Waals surface area contributed by atoms with Crippen molar-refractivity contribution in [1.82, 2.24) is 4.98 Å². The number of thioether (sulfide) groups is 1. The summed E-state index contributed by atoms with van der Waals surface area (Å²) in [6.07, 6.45) is 2.39. The van der Waals surface area contributed by atoms with Gasteiger partial charge in [0.15, 0.2) is 11.7 Å². The summed E-state index contributed by atoms with van der Waals surface area (Å²) in [5.74, 6) is -0.608. The van der Waals surface area contributed by atoms with Crippen molar-refractivity contribution in [3.8, 4) is 0 Å². The summed E-state index contributed by atoms with van der Waals surface area (Å²) in [6, 6.07) is 13.2. The van der Waals surface area contributed by atoms with Crippen LogP contribution < -0.4 is 0 Å². The number of carbonyl (C=O) groups is 2. The summed E-state index contributed by atoms with van der Waals surface area (Å²) < 4.78 is 10.9. The first-order valence-electron chi connectivity index (χ1n) is 8.94. The van der Waals surface area contributed by atoms with Gasteiger partial charge in [-0.1, -0.05) is 36.0 Å². The highest BCUT2D eigenvalue weighted by atomic mass is 32.2. The van der Waals surface area contributed by atoms with Crippen LogP contribution in [0.3, 0.4) is 0 Å². The number of esters is 1. The third kappa shape index (κ3) is 3.90. The van der Waals surface area contributed by atoms with Crippen molar-refractivity contribution in [2.75, 3.05) is 5.75 Å². The predicted octanol–water partition coefficient (Wildman–Crippen LogP) is 4.22. The third-order valence-electron chi connectivity index (χ3n) is 4.65. The molecule has 0 radical (unpaired) electrons. The molecular weight excluding hydrogens is 362 g/mol. The number of ether oxygens (including phenoxy) is 1. The molecular formula is C21H19NO4S. The second kappa shape index (κ2) is 7.56. The molecule has 6 heteroatoms. The topological polar surface area (TPSA) is 69.4 Å². The van der Waals surface area contributed by atoms with Crippen LogP contribution in [-0.4, -0.2) is 28.6 Å². The summed E-state index contributed by atoms with van der Waals surface area (Å²) >= 11 is 1.16. The predicted molar refractivity (Wildman–Crippen MR) is 103 cm³/mol. The summed E-state index contributed by atoms with van der Waals surface area (Å²) in [5, 5.41) is 0.408. The van der Waals surface area contributed by atoms with Gasteiger partial charge in [0, 0.05) is 5.56 Å². The van der Waals surface area contributed by atoms with Gasteiger partial charge in [-0.15, -0.1) is 0 Å². The van der Waals surface area contributed by atoms with Crippen molar-refractivity contribution in [3.63, 3.8) is 0 Å². The van der Waals surface area contributed by atoms with Crippen molar-refractivity contribution in [2.24, 2.45) is 0 Å². The average Bonchev–Trinajstić information content (AvgIpc) is 3.31. The molecule has 0 bridgehead atoms. The SMILES string of the molecule is C[C@H](OC(=O)CSc1nc2ccccc2o1)C(=O)c1ccc2c(c1)CCC2. The molecule has 0 N–H and O–H groups in total. The summed E-state index contributed by atoms with van der Waals surface area (Å²) in [6.45, 7) is 1.61. The number of aromatic nitrogens is 1. The van der Waals surface area contributed by atoms with Crippen LogP contribution in [0.15, 0.2) is 52.1 Å². The Morgan fingerprint density at radius 2 is 2.00 bits per heavy atom. The molecule has 0 amide bonds. The average molecular weight is 381 g/mol. The van der Waals surface area contributed by atoms with Gasteiger partial charge < -0.3 is 9.15 Å². The molecule has 0 spiro atoms. The fourth-order valence-corrected chi connectivity index (χ4v) is 3.90. The Bertz CT molecular complexity index is 977. The molecule has 138 valence electrons. The van der Waals surface area contributed by atoms with E-state index < -0.39 is 12.1 Å². The lowest BCUT2D eigenvalue weighted by Crippen LogP contribution is -2.25. The lowest BCUT2D eigenvalue weighted by Gasteiger charge is -2.12. The number of aryl methyl sites for hydroxylation is 2. The van der Waals surface area contributed by atoms with Crippen LogP contribution in [0, 0.1) is 0 Å². The Kier molecular flexibility index (Phi) is 4.99. The van der Waals surface area contributed by atoms with Gasteiger partial charge in [0.1, 0.15) is 11.3 Å². The first kappa shape index (κ1) is 17.8. The van der Waals surface area contributed by atoms with Crippen molar-refractivity contribution in [1.29, 1.82) is 0 Å². The number of hydrogen-bond acceptors (Lipinski definition) is 6. The highest BCUT2D eigenvalue weighted by Crippen LogP contribution is 2.25. The molecule has 3 aromatic rings. The number of rotatable bonds is 6. The standard InChI is InChI=1S/C21H19NO4S/c1-13(20(24)16-10-9-14-5-4-6-15(14)11-16)25-19(23)12-27-21-22-17-7-2-3-8-18(17)26-21/h2-3,7-11,13H,4-6,12H2,1H3/t13-/m0/s1. The van der Waals surface area contributed by atoms with Gasteiger partial charge in [0.05, 0.1) is 0 Å². The molecule has 1 aromatic heterocycles. The van der Waals surface area contributed by atoms with Gasteiger partial charge in [-0.2, -0.15) is 0 Å². The van der Waals surface area contributed by atoms with E-state index in [-0.39, 0.29) is 11.5 Å². The van der Waals surface area contributed by atoms with Crippen LogP contribution in [-0.2, 0) is 22.4 Å². The van der Waals surface area contributed by atoms with Crippen LogP contribution in [0.4, 0.5) is 0 Å². The number of ketones is 1. The van der Waals surface area contributed by atoms with Crippen molar-refractivity contribution in [2.45, 2.75) is 37.5 Å². The van der Waals surface area contributed by atoms with Crippen LogP contribution in [0.2, 0.25) is 0 Å². The zero-order valence-electron chi connectivity index (χ0n) is 14.9. The molecule has 2 aromatic carbocycles.